The number of fused-ring (bicyclic) bond motifs is 2. The Balaban J connectivity index is 1.26. The lowest BCUT2D eigenvalue weighted by Crippen LogP contribution is -2.52. The number of piperazine rings is 1. The highest BCUT2D eigenvalue weighted by Gasteiger charge is 2.54. The summed E-state index contributed by atoms with van der Waals surface area (Å²) in [6, 6.07) is 13.1. The number of Topliss-reactive ketones (excluding diaryl/α,β-unsaturated/α-hetero) is 1. The molecule has 178 valence electrons. The van der Waals surface area contributed by atoms with Crippen LogP contribution in [-0.2, 0) is 16.8 Å². The number of methoxy groups -OCH3 is 1. The predicted octanol–water partition coefficient (Wildman–Crippen LogP) is 2.76. The third-order valence-corrected chi connectivity index (χ3v) is 7.30. The number of benzene rings is 2. The Morgan fingerprint density at radius 3 is 2.47 bits per heavy atom. The number of imide groups is 1. The minimum Gasteiger partial charge on any atom is -0.497 e. The number of ketones is 1. The molecule has 3 aliphatic rings. The SMILES string of the molecule is COc1ccc2c(c1)CCC[C@]21NC(=O)N(CN2CCN(c3ccc(C(C)=O)cc3)CC2)C1=O. The van der Waals surface area contributed by atoms with E-state index in [2.05, 4.69) is 15.1 Å². The molecule has 3 amide bonds. The molecule has 0 saturated carbocycles. The number of urea groups is 1. The molecular weight excluding hydrogens is 432 g/mol. The van der Waals surface area contributed by atoms with Crippen molar-refractivity contribution < 1.29 is 19.1 Å². The van der Waals surface area contributed by atoms with E-state index in [1.54, 1.807) is 14.0 Å². The minimum absolute atomic E-state index is 0.0578. The van der Waals surface area contributed by atoms with E-state index in [1.807, 2.05) is 42.5 Å². The zero-order valence-corrected chi connectivity index (χ0v) is 19.7. The Morgan fingerprint density at radius 2 is 1.79 bits per heavy atom. The molecule has 1 aliphatic carbocycles. The molecule has 0 aromatic heterocycles. The van der Waals surface area contributed by atoms with Gasteiger partial charge in [-0.1, -0.05) is 6.07 Å². The predicted molar refractivity (Wildman–Crippen MR) is 128 cm³/mol. The van der Waals surface area contributed by atoms with Gasteiger partial charge in [0.1, 0.15) is 11.3 Å². The molecule has 0 bridgehead atoms. The fourth-order valence-electron chi connectivity index (χ4n) is 5.36. The maximum atomic E-state index is 13.6. The van der Waals surface area contributed by atoms with Gasteiger partial charge in [-0.2, -0.15) is 0 Å². The second kappa shape index (κ2) is 8.76. The van der Waals surface area contributed by atoms with Crippen molar-refractivity contribution in [3.8, 4) is 5.75 Å². The number of carbonyl (C=O) groups is 3. The van der Waals surface area contributed by atoms with E-state index in [0.717, 1.165) is 61.6 Å². The fraction of sp³-hybridized carbons (Fsp3) is 0.423. The first-order valence-electron chi connectivity index (χ1n) is 11.8. The van der Waals surface area contributed by atoms with Gasteiger partial charge in [-0.25, -0.2) is 9.69 Å². The first-order valence-corrected chi connectivity index (χ1v) is 11.8. The average Bonchev–Trinajstić information content (AvgIpc) is 3.09. The summed E-state index contributed by atoms with van der Waals surface area (Å²) in [6.07, 6.45) is 2.31. The number of aryl methyl sites for hydroxylation is 1. The maximum absolute atomic E-state index is 13.6. The van der Waals surface area contributed by atoms with Crippen LogP contribution >= 0.6 is 0 Å². The highest BCUT2D eigenvalue weighted by molar-refractivity contribution is 6.07. The summed E-state index contributed by atoms with van der Waals surface area (Å²) in [7, 11) is 1.63. The number of hydrogen-bond acceptors (Lipinski definition) is 6. The van der Waals surface area contributed by atoms with Crippen LogP contribution in [0, 0.1) is 0 Å². The van der Waals surface area contributed by atoms with Crippen molar-refractivity contribution in [3.05, 3.63) is 59.2 Å². The molecule has 0 radical (unpaired) electrons. The van der Waals surface area contributed by atoms with Gasteiger partial charge < -0.3 is 15.0 Å². The van der Waals surface area contributed by atoms with Crippen molar-refractivity contribution >= 4 is 23.4 Å². The van der Waals surface area contributed by atoms with Crippen LogP contribution in [0.4, 0.5) is 10.5 Å². The normalized spacial score (nSPS) is 22.6. The highest BCUT2D eigenvalue weighted by atomic mass is 16.5. The number of amides is 3. The lowest BCUT2D eigenvalue weighted by molar-refractivity contribution is -0.133. The molecule has 1 N–H and O–H groups in total. The van der Waals surface area contributed by atoms with Gasteiger partial charge in [0.25, 0.3) is 5.91 Å². The van der Waals surface area contributed by atoms with Gasteiger partial charge in [0.2, 0.25) is 0 Å². The van der Waals surface area contributed by atoms with Crippen LogP contribution in [0.2, 0.25) is 0 Å². The van der Waals surface area contributed by atoms with E-state index in [1.165, 1.54) is 4.90 Å². The summed E-state index contributed by atoms with van der Waals surface area (Å²) in [5.41, 5.74) is 2.76. The van der Waals surface area contributed by atoms with Crippen LogP contribution in [0.5, 0.6) is 5.75 Å². The monoisotopic (exact) mass is 462 g/mol. The molecule has 1 spiro atoms. The third-order valence-electron chi connectivity index (χ3n) is 7.30. The fourth-order valence-corrected chi connectivity index (χ4v) is 5.36. The quantitative estimate of drug-likeness (QED) is 0.544. The molecule has 1 atom stereocenters. The lowest BCUT2D eigenvalue weighted by Gasteiger charge is -2.37. The second-order valence-electron chi connectivity index (χ2n) is 9.29. The summed E-state index contributed by atoms with van der Waals surface area (Å²) < 4.78 is 5.35. The van der Waals surface area contributed by atoms with E-state index < -0.39 is 5.54 Å². The van der Waals surface area contributed by atoms with Gasteiger partial charge in [-0.15, -0.1) is 0 Å². The summed E-state index contributed by atoms with van der Waals surface area (Å²) in [6.45, 7) is 4.91. The Bertz CT molecular complexity index is 1120. The molecule has 2 heterocycles. The molecule has 8 heteroatoms. The Kier molecular flexibility index (Phi) is 5.77. The molecular formula is C26H30N4O4. The largest absolute Gasteiger partial charge is 0.497 e. The smallest absolute Gasteiger partial charge is 0.326 e. The molecule has 2 aromatic rings. The molecule has 2 fully saturated rings. The number of anilines is 1. The number of hydrogen-bond donors (Lipinski definition) is 1. The van der Waals surface area contributed by atoms with Crippen LogP contribution in [0.15, 0.2) is 42.5 Å². The molecule has 2 aliphatic heterocycles. The van der Waals surface area contributed by atoms with Gasteiger partial charge >= 0.3 is 6.03 Å². The molecule has 5 rings (SSSR count). The Labute approximate surface area is 199 Å². The van der Waals surface area contributed by atoms with E-state index in [0.29, 0.717) is 12.0 Å². The first kappa shape index (κ1) is 22.4. The van der Waals surface area contributed by atoms with E-state index in [4.69, 9.17) is 4.74 Å². The van der Waals surface area contributed by atoms with Gasteiger partial charge in [0, 0.05) is 37.4 Å². The van der Waals surface area contributed by atoms with Crippen LogP contribution in [0.3, 0.4) is 0 Å². The van der Waals surface area contributed by atoms with Gasteiger partial charge in [-0.05, 0) is 73.7 Å². The van der Waals surface area contributed by atoms with Crippen LogP contribution < -0.4 is 15.0 Å². The van der Waals surface area contributed by atoms with Crippen LogP contribution in [0.1, 0.15) is 41.3 Å². The summed E-state index contributed by atoms with van der Waals surface area (Å²) >= 11 is 0. The third kappa shape index (κ3) is 3.81. The molecule has 34 heavy (non-hydrogen) atoms. The van der Waals surface area contributed by atoms with Gasteiger partial charge in [0.05, 0.1) is 13.8 Å². The highest BCUT2D eigenvalue weighted by Crippen LogP contribution is 2.41. The van der Waals surface area contributed by atoms with E-state index in [9.17, 15) is 14.4 Å². The van der Waals surface area contributed by atoms with Crippen molar-refractivity contribution in [3.63, 3.8) is 0 Å². The first-order chi connectivity index (χ1) is 16.4. The molecule has 2 aromatic carbocycles. The van der Waals surface area contributed by atoms with Crippen molar-refractivity contribution in [2.75, 3.05) is 44.9 Å². The second-order valence-corrected chi connectivity index (χ2v) is 9.29. The molecule has 8 nitrogen and oxygen atoms in total. The van der Waals surface area contributed by atoms with Gasteiger partial charge in [0.15, 0.2) is 5.78 Å². The summed E-state index contributed by atoms with van der Waals surface area (Å²) in [5, 5.41) is 3.03. The zero-order valence-electron chi connectivity index (χ0n) is 19.7. The van der Waals surface area contributed by atoms with Crippen molar-refractivity contribution in [1.29, 1.82) is 0 Å². The topological polar surface area (TPSA) is 82.2 Å². The van der Waals surface area contributed by atoms with Crippen molar-refractivity contribution in [1.82, 2.24) is 15.1 Å². The maximum Gasteiger partial charge on any atom is 0.326 e. The van der Waals surface area contributed by atoms with E-state index >= 15 is 0 Å². The van der Waals surface area contributed by atoms with Crippen LogP contribution in [-0.4, -0.2) is 67.5 Å². The van der Waals surface area contributed by atoms with E-state index in [-0.39, 0.29) is 24.4 Å². The van der Waals surface area contributed by atoms with Crippen molar-refractivity contribution in [2.24, 2.45) is 0 Å². The van der Waals surface area contributed by atoms with Gasteiger partial charge in [-0.3, -0.25) is 14.5 Å². The number of carbonyl (C=O) groups excluding carboxylic acids is 3. The van der Waals surface area contributed by atoms with Crippen LogP contribution in [0.25, 0.3) is 0 Å². The standard InChI is InChI=1S/C26H30N4O4/c1-18(31)19-5-7-21(8-6-19)29-14-12-28(13-15-29)17-30-24(32)26(27-25(30)33)11-3-4-20-16-22(34-2)9-10-23(20)26/h5-10,16H,3-4,11-15,17H2,1-2H3,(H,27,33)/t26-/m0/s1. The molecule has 2 saturated heterocycles. The molecule has 0 unspecified atom stereocenters. The number of ether oxygens (including phenoxy) is 1. The number of nitrogens with one attached hydrogen (secondary N) is 1. The minimum atomic E-state index is -0.975. The number of rotatable bonds is 5. The van der Waals surface area contributed by atoms with Crippen molar-refractivity contribution in [2.45, 2.75) is 31.7 Å². The summed E-state index contributed by atoms with van der Waals surface area (Å²) in [5.74, 6) is 0.659. The summed E-state index contributed by atoms with van der Waals surface area (Å²) in [4.78, 5) is 43.8. The lowest BCUT2D eigenvalue weighted by atomic mass is 9.76. The Morgan fingerprint density at radius 1 is 1.06 bits per heavy atom. The zero-order chi connectivity index (χ0) is 23.9. The number of nitrogens with zero attached hydrogens (tertiary/aromatic N) is 3. The average molecular weight is 463 g/mol. The Hall–Kier alpha value is -3.39.